The van der Waals surface area contributed by atoms with Gasteiger partial charge in [0.2, 0.25) is 0 Å². The van der Waals surface area contributed by atoms with E-state index >= 15 is 0 Å². The molecule has 1 unspecified atom stereocenters. The van der Waals surface area contributed by atoms with Gasteiger partial charge in [0.15, 0.2) is 5.92 Å². The van der Waals surface area contributed by atoms with Gasteiger partial charge in [-0.05, 0) is 18.3 Å². The van der Waals surface area contributed by atoms with Gasteiger partial charge in [-0.2, -0.15) is 0 Å². The fourth-order valence-electron chi connectivity index (χ4n) is 2.70. The molecule has 0 saturated carbocycles. The van der Waals surface area contributed by atoms with Crippen LogP contribution in [0, 0.1) is 17.8 Å². The van der Waals surface area contributed by atoms with Gasteiger partial charge in [-0.25, -0.2) is 0 Å². The van der Waals surface area contributed by atoms with Crippen molar-refractivity contribution in [2.24, 2.45) is 17.8 Å². The predicted octanol–water partition coefficient (Wildman–Crippen LogP) is 4.42. The Kier molecular flexibility index (Phi) is 16.4. The average molecular weight is 343 g/mol. The standard InChI is InChI=1S/C17H32O4.Ca.2H/c1-4-5-6-7-8-9-10-11-14(13(2)3)12-15(16(18)19)17(20)21;;;/h13-15H,4-12H2,1-3H3,(H,18,19)(H,20,21);;;/q;+2;2*-1. The van der Waals surface area contributed by atoms with Crippen molar-refractivity contribution in [2.75, 3.05) is 0 Å². The largest absolute Gasteiger partial charge is 2.00 e. The smallest absolute Gasteiger partial charge is 1.00 e. The maximum atomic E-state index is 11.0. The maximum Gasteiger partial charge on any atom is 2.00 e. The summed E-state index contributed by atoms with van der Waals surface area (Å²) in [6.45, 7) is 6.30. The van der Waals surface area contributed by atoms with E-state index in [-0.39, 0.29) is 52.9 Å². The van der Waals surface area contributed by atoms with Gasteiger partial charge >= 0.3 is 49.7 Å². The summed E-state index contributed by atoms with van der Waals surface area (Å²) in [5, 5.41) is 18.0. The SMILES string of the molecule is CCCCCCCCCC(CC(C(=O)O)C(=O)O)C(C)C.[Ca+2].[H-].[H-]. The second-order valence-electron chi connectivity index (χ2n) is 6.38. The molecule has 128 valence electrons. The van der Waals surface area contributed by atoms with Gasteiger partial charge in [0.25, 0.3) is 0 Å². The third-order valence-electron chi connectivity index (χ3n) is 4.26. The van der Waals surface area contributed by atoms with Crippen molar-refractivity contribution < 1.29 is 22.7 Å². The Hall–Kier alpha value is 0.200. The van der Waals surface area contributed by atoms with Crippen LogP contribution in [-0.2, 0) is 9.59 Å². The summed E-state index contributed by atoms with van der Waals surface area (Å²) in [4.78, 5) is 22.0. The monoisotopic (exact) mass is 342 g/mol. The molecule has 0 heterocycles. The van der Waals surface area contributed by atoms with Crippen molar-refractivity contribution in [2.45, 2.75) is 78.6 Å². The van der Waals surface area contributed by atoms with E-state index in [1.54, 1.807) is 0 Å². The predicted molar refractivity (Wildman–Crippen MR) is 92.3 cm³/mol. The van der Waals surface area contributed by atoms with E-state index in [1.807, 2.05) is 13.8 Å². The summed E-state index contributed by atoms with van der Waals surface area (Å²) in [5.74, 6) is -3.19. The van der Waals surface area contributed by atoms with Gasteiger partial charge in [0, 0.05) is 0 Å². The van der Waals surface area contributed by atoms with E-state index in [9.17, 15) is 9.59 Å². The van der Waals surface area contributed by atoms with Crippen LogP contribution in [0.3, 0.4) is 0 Å². The van der Waals surface area contributed by atoms with Gasteiger partial charge in [0.1, 0.15) is 0 Å². The Bertz CT molecular complexity index is 301. The molecule has 0 fully saturated rings. The third-order valence-corrected chi connectivity index (χ3v) is 4.26. The van der Waals surface area contributed by atoms with Crippen LogP contribution in [0.5, 0.6) is 0 Å². The molecule has 2 N–H and O–H groups in total. The van der Waals surface area contributed by atoms with Crippen LogP contribution in [0.4, 0.5) is 0 Å². The molecule has 0 saturated heterocycles. The van der Waals surface area contributed by atoms with Crippen molar-refractivity contribution in [1.82, 2.24) is 0 Å². The minimum Gasteiger partial charge on any atom is -1.00 e. The number of aliphatic carboxylic acids is 2. The van der Waals surface area contributed by atoms with E-state index in [4.69, 9.17) is 10.2 Å². The van der Waals surface area contributed by atoms with E-state index in [0.717, 1.165) is 19.3 Å². The number of unbranched alkanes of at least 4 members (excludes halogenated alkanes) is 6. The minimum absolute atomic E-state index is 0. The summed E-state index contributed by atoms with van der Waals surface area (Å²) in [7, 11) is 0. The maximum absolute atomic E-state index is 11.0. The van der Waals surface area contributed by atoms with Crippen LogP contribution >= 0.6 is 0 Å². The Morgan fingerprint density at radius 2 is 1.36 bits per heavy atom. The molecule has 1 atom stereocenters. The molecule has 5 heteroatoms. The number of carboxylic acids is 2. The summed E-state index contributed by atoms with van der Waals surface area (Å²) >= 11 is 0. The number of carboxylic acid groups (broad SMARTS) is 2. The first kappa shape index (κ1) is 24.5. The first-order chi connectivity index (χ1) is 9.90. The molecule has 22 heavy (non-hydrogen) atoms. The van der Waals surface area contributed by atoms with Crippen LogP contribution in [0.2, 0.25) is 0 Å². The van der Waals surface area contributed by atoms with Gasteiger partial charge in [-0.15, -0.1) is 0 Å². The minimum atomic E-state index is -1.26. The molecule has 0 rings (SSSR count). The molecule has 0 aliphatic heterocycles. The molecule has 4 nitrogen and oxygen atoms in total. The zero-order valence-corrected chi connectivity index (χ0v) is 16.7. The number of carbonyl (C=O) groups is 2. The molecule has 0 spiro atoms. The molecule has 0 radical (unpaired) electrons. The van der Waals surface area contributed by atoms with Crippen molar-refractivity contribution >= 4 is 49.7 Å². The molecule has 0 aromatic carbocycles. The van der Waals surface area contributed by atoms with Crippen LogP contribution in [0.15, 0.2) is 0 Å². The van der Waals surface area contributed by atoms with Crippen molar-refractivity contribution in [3.8, 4) is 0 Å². The fourth-order valence-corrected chi connectivity index (χ4v) is 2.70. The van der Waals surface area contributed by atoms with Crippen LogP contribution in [0.25, 0.3) is 0 Å². The third kappa shape index (κ3) is 11.7. The number of hydrogen-bond acceptors (Lipinski definition) is 2. The Morgan fingerprint density at radius 1 is 0.909 bits per heavy atom. The molecular formula is C17H34CaO4. The van der Waals surface area contributed by atoms with Gasteiger partial charge in [0.05, 0.1) is 0 Å². The van der Waals surface area contributed by atoms with Crippen molar-refractivity contribution in [3.63, 3.8) is 0 Å². The topological polar surface area (TPSA) is 74.6 Å². The summed E-state index contributed by atoms with van der Waals surface area (Å²) in [6.07, 6.45) is 9.76. The van der Waals surface area contributed by atoms with E-state index in [1.165, 1.54) is 32.1 Å². The first-order valence-corrected chi connectivity index (χ1v) is 8.35. The number of hydrogen-bond donors (Lipinski definition) is 2. The molecule has 0 aliphatic rings. The van der Waals surface area contributed by atoms with Crippen LogP contribution in [-0.4, -0.2) is 59.9 Å². The second kappa shape index (κ2) is 14.8. The quantitative estimate of drug-likeness (QED) is 0.295. The summed E-state index contributed by atoms with van der Waals surface area (Å²) in [5.41, 5.74) is 0. The second-order valence-corrected chi connectivity index (χ2v) is 6.38. The first-order valence-electron chi connectivity index (χ1n) is 8.35. The molecule has 0 bridgehead atoms. The fraction of sp³-hybridized carbons (Fsp3) is 0.882. The summed E-state index contributed by atoms with van der Waals surface area (Å²) < 4.78 is 0. The van der Waals surface area contributed by atoms with E-state index in [2.05, 4.69) is 6.92 Å². The van der Waals surface area contributed by atoms with Crippen molar-refractivity contribution in [1.29, 1.82) is 0 Å². The van der Waals surface area contributed by atoms with Gasteiger partial charge < -0.3 is 13.1 Å². The van der Waals surface area contributed by atoms with Crippen LogP contribution in [0.1, 0.15) is 81.4 Å². The molecule has 0 aromatic heterocycles. The van der Waals surface area contributed by atoms with Crippen molar-refractivity contribution in [3.05, 3.63) is 0 Å². The average Bonchev–Trinajstić information content (AvgIpc) is 2.39. The molecule has 0 aromatic rings. The normalized spacial score (nSPS) is 12.2. The molecule has 0 amide bonds. The van der Waals surface area contributed by atoms with Gasteiger partial charge in [-0.3, -0.25) is 9.59 Å². The van der Waals surface area contributed by atoms with Gasteiger partial charge in [-0.1, -0.05) is 72.1 Å². The Morgan fingerprint density at radius 3 is 1.77 bits per heavy atom. The zero-order valence-electron chi connectivity index (χ0n) is 16.5. The Labute approximate surface area is 168 Å². The van der Waals surface area contributed by atoms with Crippen LogP contribution < -0.4 is 0 Å². The van der Waals surface area contributed by atoms with E-state index < -0.39 is 17.9 Å². The van der Waals surface area contributed by atoms with E-state index in [0.29, 0.717) is 5.92 Å². The molecule has 0 aliphatic carbocycles. The zero-order chi connectivity index (χ0) is 16.3. The Balaban J connectivity index is -0.000000667. The summed E-state index contributed by atoms with van der Waals surface area (Å²) in [6, 6.07) is 0. The molecular weight excluding hydrogens is 308 g/mol. The number of rotatable bonds is 13.